The first-order chi connectivity index (χ1) is 21.3. The van der Waals surface area contributed by atoms with Crippen LogP contribution in [0.4, 0.5) is 0 Å². The number of fused-ring (bicyclic) bond motifs is 1. The van der Waals surface area contributed by atoms with Crippen LogP contribution in [0.15, 0.2) is 74.3 Å². The van der Waals surface area contributed by atoms with Gasteiger partial charge in [0.2, 0.25) is 0 Å². The predicted octanol–water partition coefficient (Wildman–Crippen LogP) is 5.64. The van der Waals surface area contributed by atoms with Crippen molar-refractivity contribution >= 4 is 22.2 Å². The highest BCUT2D eigenvalue weighted by Gasteiger charge is 2.37. The first-order valence-corrected chi connectivity index (χ1v) is 16.5. The van der Waals surface area contributed by atoms with E-state index < -0.39 is 0 Å². The third-order valence-electron chi connectivity index (χ3n) is 9.84. The van der Waals surface area contributed by atoms with Gasteiger partial charge in [-0.1, -0.05) is 51.0 Å². The van der Waals surface area contributed by atoms with Crippen LogP contribution in [0, 0.1) is 38.1 Å². The number of hydrogen-bond acceptors (Lipinski definition) is 5. The van der Waals surface area contributed by atoms with E-state index in [-0.39, 0.29) is 11.1 Å². The third-order valence-corrected chi connectivity index (χ3v) is 9.84. The minimum atomic E-state index is -0.230. The minimum absolute atomic E-state index is 0.218. The zero-order valence-electron chi connectivity index (χ0n) is 26.3. The number of nitrogens with zero attached hydrogens (tertiary/aromatic N) is 2. The van der Waals surface area contributed by atoms with Gasteiger partial charge in [0.15, 0.2) is 0 Å². The van der Waals surface area contributed by atoms with Gasteiger partial charge in [-0.05, 0) is 115 Å². The average Bonchev–Trinajstić information content (AvgIpc) is 3.76. The fraction of sp³-hybridized carbons (Fsp3) is 0.421. The highest BCUT2D eigenvalue weighted by molar-refractivity contribution is 5.98. The molecule has 1 heterocycles. The molecule has 1 fully saturated rings. The Labute approximate surface area is 257 Å². The highest BCUT2D eigenvalue weighted by atomic mass is 16.2. The van der Waals surface area contributed by atoms with E-state index in [9.17, 15) is 9.59 Å². The van der Waals surface area contributed by atoms with Gasteiger partial charge in [0.1, 0.15) is 0 Å². The Bertz CT molecular complexity index is 2160. The highest BCUT2D eigenvalue weighted by Crippen LogP contribution is 2.48. The van der Waals surface area contributed by atoms with E-state index in [1.165, 1.54) is 11.0 Å². The van der Waals surface area contributed by atoms with Crippen molar-refractivity contribution in [2.24, 2.45) is 22.6 Å². The molecule has 2 aromatic rings. The molecule has 0 amide bonds. The fourth-order valence-electron chi connectivity index (χ4n) is 7.09. The van der Waals surface area contributed by atoms with Crippen LogP contribution >= 0.6 is 0 Å². The van der Waals surface area contributed by atoms with E-state index in [0.29, 0.717) is 34.6 Å². The number of nitrogens with one attached hydrogen (secondary N) is 1. The smallest absolute Gasteiger partial charge is 0.261 e. The SMILES string of the molecule is CCCCN=c1ccc2c(=O)n(CCCC)c(=O)c3cc(=c4ccc(=C(N)/C5=C(\C(C)=N)CCC6CC6CC5)cc4)cc1c3=2. The van der Waals surface area contributed by atoms with Crippen molar-refractivity contribution in [1.29, 1.82) is 5.41 Å². The molecule has 228 valence electrons. The second-order valence-electron chi connectivity index (χ2n) is 12.8. The van der Waals surface area contributed by atoms with Crippen molar-refractivity contribution in [3.05, 3.63) is 112 Å². The molecule has 1 aliphatic heterocycles. The Hall–Kier alpha value is -4.06. The summed E-state index contributed by atoms with van der Waals surface area (Å²) in [6.45, 7) is 7.21. The number of rotatable bonds is 8. The molecule has 0 saturated heterocycles. The van der Waals surface area contributed by atoms with E-state index in [4.69, 9.17) is 16.1 Å². The van der Waals surface area contributed by atoms with Crippen LogP contribution in [0.3, 0.4) is 0 Å². The molecule has 4 aliphatic rings. The lowest BCUT2D eigenvalue weighted by atomic mass is 9.89. The van der Waals surface area contributed by atoms with Crippen LogP contribution in [-0.4, -0.2) is 16.8 Å². The molecule has 44 heavy (non-hydrogen) atoms. The lowest BCUT2D eigenvalue weighted by molar-refractivity contribution is 0.593. The molecule has 2 atom stereocenters. The van der Waals surface area contributed by atoms with Crippen LogP contribution in [0.1, 0.15) is 78.6 Å². The van der Waals surface area contributed by atoms with Gasteiger partial charge in [0, 0.05) is 45.7 Å². The van der Waals surface area contributed by atoms with Gasteiger partial charge in [0.05, 0.1) is 5.36 Å². The zero-order chi connectivity index (χ0) is 31.0. The van der Waals surface area contributed by atoms with Crippen LogP contribution in [0.2, 0.25) is 0 Å². The Morgan fingerprint density at radius 3 is 2.25 bits per heavy atom. The van der Waals surface area contributed by atoms with Crippen molar-refractivity contribution in [3.8, 4) is 0 Å². The normalized spacial score (nSPS) is 20.5. The topological polar surface area (TPSA) is 101 Å². The van der Waals surface area contributed by atoms with E-state index in [0.717, 1.165) is 106 Å². The summed E-state index contributed by atoms with van der Waals surface area (Å²) < 4.78 is 1.41. The predicted molar refractivity (Wildman–Crippen MR) is 179 cm³/mol. The van der Waals surface area contributed by atoms with Gasteiger partial charge in [-0.3, -0.25) is 19.1 Å². The molecule has 0 aromatic heterocycles. The van der Waals surface area contributed by atoms with Gasteiger partial charge >= 0.3 is 0 Å². The van der Waals surface area contributed by atoms with Crippen LogP contribution in [0.5, 0.6) is 0 Å². The molecule has 1 saturated carbocycles. The lowest BCUT2D eigenvalue weighted by Gasteiger charge is -2.18. The van der Waals surface area contributed by atoms with Crippen LogP contribution < -0.4 is 27.4 Å². The summed E-state index contributed by atoms with van der Waals surface area (Å²) in [7, 11) is 0. The average molecular weight is 589 g/mol. The third kappa shape index (κ3) is 5.62. The van der Waals surface area contributed by atoms with Crippen LogP contribution in [0.25, 0.3) is 16.5 Å². The van der Waals surface area contributed by atoms with Gasteiger partial charge in [-0.15, -0.1) is 0 Å². The molecule has 3 aliphatic carbocycles. The summed E-state index contributed by atoms with van der Waals surface area (Å²) in [6, 6.07) is 16.1. The maximum absolute atomic E-state index is 13.8. The molecule has 2 aromatic carbocycles. The second kappa shape index (κ2) is 12.5. The molecule has 0 radical (unpaired) electrons. The Kier molecular flexibility index (Phi) is 8.53. The number of unbranched alkanes of at least 4 members (excludes halogenated alkanes) is 2. The molecule has 0 bridgehead atoms. The number of hydrogen-bond donors (Lipinski definition) is 2. The summed E-state index contributed by atoms with van der Waals surface area (Å²) in [6.07, 6.45) is 9.19. The summed E-state index contributed by atoms with van der Waals surface area (Å²) in [5.41, 5.74) is 10.0. The van der Waals surface area contributed by atoms with Crippen molar-refractivity contribution in [2.45, 2.75) is 85.1 Å². The molecule has 6 nitrogen and oxygen atoms in total. The largest absolute Gasteiger partial charge is 0.398 e. The number of allylic oxidation sites excluding steroid dienone is 1. The van der Waals surface area contributed by atoms with E-state index in [1.54, 1.807) is 0 Å². The van der Waals surface area contributed by atoms with E-state index in [1.807, 2.05) is 25.1 Å². The van der Waals surface area contributed by atoms with Crippen molar-refractivity contribution in [1.82, 2.24) is 4.57 Å². The minimum Gasteiger partial charge on any atom is -0.398 e. The summed E-state index contributed by atoms with van der Waals surface area (Å²) in [5.74, 6) is 1.65. The van der Waals surface area contributed by atoms with Crippen molar-refractivity contribution in [3.63, 3.8) is 0 Å². The van der Waals surface area contributed by atoms with Gasteiger partial charge in [0.25, 0.3) is 11.1 Å². The zero-order valence-corrected chi connectivity index (χ0v) is 26.3. The molecule has 6 rings (SSSR count). The van der Waals surface area contributed by atoms with E-state index in [2.05, 4.69) is 44.2 Å². The summed E-state index contributed by atoms with van der Waals surface area (Å²) >= 11 is 0. The first kappa shape index (κ1) is 30.0. The van der Waals surface area contributed by atoms with E-state index >= 15 is 0 Å². The molecule has 6 heteroatoms. The Balaban J connectivity index is 1.59. The number of aromatic nitrogens is 1. The molecule has 3 N–H and O–H groups in total. The standard InChI is InChI=1S/C38H44N4O2/c1-4-6-18-41-34-17-16-31-35-32(34)21-28(22-33(35)38(44)42(37(31)43)19-7-5-2)24-8-10-25(11-9-24)36(40)30-15-13-27-20-26(27)12-14-29(30)23(3)39/h8-11,16-17,21-22,26-27,39H,4-7,12-15,18-20,40H2,1-3H3/b28-24?,30-29-,36-25?,39-23?,41-34?. The maximum atomic E-state index is 13.8. The Morgan fingerprint density at radius 2 is 1.57 bits per heavy atom. The quantitative estimate of drug-likeness (QED) is 0.206. The van der Waals surface area contributed by atoms with Crippen molar-refractivity contribution in [2.75, 3.05) is 6.54 Å². The Morgan fingerprint density at radius 1 is 0.886 bits per heavy atom. The maximum Gasteiger partial charge on any atom is 0.261 e. The lowest BCUT2D eigenvalue weighted by Crippen LogP contribution is -2.34. The van der Waals surface area contributed by atoms with Gasteiger partial charge in [-0.2, -0.15) is 0 Å². The van der Waals surface area contributed by atoms with Crippen LogP contribution in [-0.2, 0) is 6.54 Å². The molecular formula is C38H44N4O2. The van der Waals surface area contributed by atoms with Crippen molar-refractivity contribution < 1.29 is 0 Å². The van der Waals surface area contributed by atoms with Gasteiger partial charge in [-0.25, -0.2) is 0 Å². The molecule has 2 unspecified atom stereocenters. The molecule has 0 spiro atoms. The summed E-state index contributed by atoms with van der Waals surface area (Å²) in [4.78, 5) is 32.1. The number of nitrogens with two attached hydrogens (primary N) is 1. The van der Waals surface area contributed by atoms with Gasteiger partial charge < -0.3 is 11.1 Å². The summed E-state index contributed by atoms with van der Waals surface area (Å²) in [5, 5.41) is 14.8. The second-order valence-corrected chi connectivity index (χ2v) is 12.8. The number of benzene rings is 2. The fourth-order valence-corrected chi connectivity index (χ4v) is 7.09. The first-order valence-electron chi connectivity index (χ1n) is 16.5. The monoisotopic (exact) mass is 588 g/mol. The molecular weight excluding hydrogens is 544 g/mol.